The standard InChI is InChI=1S/C31H32N8O5/c1-31(2,3)44-30(42)39-15-19-25(29(39)41)21(14-33-26(19)17-7-9-32-27-18(17)8-10-37(27)4)36-24-6-5-22-20(35-24)13-34-28(40)23-16-43-12-11-38(22)23/h5-10,14,23H,11-13,15-16H2,1-4H3,(H,34,40)(H,35,36)/t23-/m1/s1. The number of anilines is 3. The number of nitrogens with one attached hydrogen (secondary N) is 2. The van der Waals surface area contributed by atoms with E-state index in [1.807, 2.05) is 47.0 Å². The van der Waals surface area contributed by atoms with Crippen LogP contribution in [0.2, 0.25) is 0 Å². The fraction of sp³-hybridized carbons (Fsp3) is 0.355. The summed E-state index contributed by atoms with van der Waals surface area (Å²) in [6.45, 7) is 6.95. The molecule has 1 fully saturated rings. The highest BCUT2D eigenvalue weighted by Gasteiger charge is 2.40. The highest BCUT2D eigenvalue weighted by molar-refractivity contribution is 6.12. The summed E-state index contributed by atoms with van der Waals surface area (Å²) in [5.41, 5.74) is 4.26. The van der Waals surface area contributed by atoms with Crippen molar-refractivity contribution in [2.45, 2.75) is 45.5 Å². The van der Waals surface area contributed by atoms with Crippen LogP contribution < -0.4 is 15.5 Å². The monoisotopic (exact) mass is 596 g/mol. The second kappa shape index (κ2) is 10.3. The highest BCUT2D eigenvalue weighted by atomic mass is 16.6. The lowest BCUT2D eigenvalue weighted by Crippen LogP contribution is -2.52. The Balaban J connectivity index is 1.29. The third kappa shape index (κ3) is 4.69. The third-order valence-corrected chi connectivity index (χ3v) is 7.98. The Labute approximate surface area is 253 Å². The first-order chi connectivity index (χ1) is 21.1. The first-order valence-electron chi connectivity index (χ1n) is 14.5. The van der Waals surface area contributed by atoms with Gasteiger partial charge in [-0.1, -0.05) is 0 Å². The fourth-order valence-corrected chi connectivity index (χ4v) is 5.97. The number of aryl methyl sites for hydroxylation is 1. The van der Waals surface area contributed by atoms with Crippen molar-refractivity contribution in [2.75, 3.05) is 30.0 Å². The number of carbonyl (C=O) groups excluding carboxylic acids is 3. The Hall–Kier alpha value is -5.04. The van der Waals surface area contributed by atoms with E-state index in [-0.39, 0.29) is 19.0 Å². The Morgan fingerprint density at radius 3 is 2.82 bits per heavy atom. The molecule has 0 saturated carbocycles. The van der Waals surface area contributed by atoms with E-state index in [1.165, 1.54) is 0 Å². The normalized spacial score (nSPS) is 18.0. The minimum absolute atomic E-state index is 0.000347. The molecule has 3 aliphatic rings. The van der Waals surface area contributed by atoms with E-state index in [4.69, 9.17) is 19.4 Å². The van der Waals surface area contributed by atoms with Crippen LogP contribution >= 0.6 is 0 Å². The average molecular weight is 597 g/mol. The lowest BCUT2D eigenvalue weighted by Gasteiger charge is -2.35. The summed E-state index contributed by atoms with van der Waals surface area (Å²) in [6, 6.07) is 7.13. The van der Waals surface area contributed by atoms with Crippen molar-refractivity contribution in [2.24, 2.45) is 7.05 Å². The first kappa shape index (κ1) is 27.8. The molecule has 44 heavy (non-hydrogen) atoms. The molecule has 226 valence electrons. The molecule has 13 nitrogen and oxygen atoms in total. The number of aromatic nitrogens is 4. The largest absolute Gasteiger partial charge is 0.443 e. The van der Waals surface area contributed by atoms with Crippen molar-refractivity contribution in [1.29, 1.82) is 0 Å². The highest BCUT2D eigenvalue weighted by Crippen LogP contribution is 2.39. The summed E-state index contributed by atoms with van der Waals surface area (Å²) in [5.74, 6) is -0.123. The van der Waals surface area contributed by atoms with E-state index in [0.29, 0.717) is 53.8 Å². The SMILES string of the molecule is Cn1ccc2c(-c3ncc(Nc4ccc5c(n4)CNC(=O)[C@H]4COCCN54)c4c3CN(C(=O)OC(C)(C)C)C4=O)ccnc21. The van der Waals surface area contributed by atoms with Crippen LogP contribution in [0, 0.1) is 0 Å². The smallest absolute Gasteiger partial charge is 0.417 e. The Kier molecular flexibility index (Phi) is 6.50. The minimum atomic E-state index is -0.781. The van der Waals surface area contributed by atoms with Crippen molar-refractivity contribution in [3.63, 3.8) is 0 Å². The van der Waals surface area contributed by atoms with Gasteiger partial charge in [-0.2, -0.15) is 0 Å². The molecule has 3 amide bonds. The molecule has 7 heterocycles. The lowest BCUT2D eigenvalue weighted by atomic mass is 10.0. The van der Waals surface area contributed by atoms with Gasteiger partial charge in [0.25, 0.3) is 5.91 Å². The van der Waals surface area contributed by atoms with Gasteiger partial charge in [-0.25, -0.2) is 19.7 Å². The Bertz CT molecular complexity index is 1840. The van der Waals surface area contributed by atoms with Gasteiger partial charge in [0.05, 0.1) is 60.8 Å². The van der Waals surface area contributed by atoms with Crippen LogP contribution in [0.4, 0.5) is 22.0 Å². The predicted octanol–water partition coefficient (Wildman–Crippen LogP) is 3.50. The van der Waals surface area contributed by atoms with Gasteiger partial charge in [-0.3, -0.25) is 14.6 Å². The number of rotatable bonds is 3. The number of ether oxygens (including phenoxy) is 2. The molecule has 4 aromatic heterocycles. The molecule has 0 spiro atoms. The van der Waals surface area contributed by atoms with E-state index >= 15 is 0 Å². The van der Waals surface area contributed by atoms with Gasteiger partial charge in [0, 0.05) is 42.5 Å². The predicted molar refractivity (Wildman–Crippen MR) is 161 cm³/mol. The van der Waals surface area contributed by atoms with Crippen molar-refractivity contribution in [3.05, 3.63) is 59.7 Å². The zero-order chi connectivity index (χ0) is 30.7. The molecule has 1 saturated heterocycles. The number of nitrogens with zero attached hydrogens (tertiary/aromatic N) is 6. The van der Waals surface area contributed by atoms with Gasteiger partial charge in [-0.05, 0) is 45.0 Å². The van der Waals surface area contributed by atoms with E-state index < -0.39 is 23.6 Å². The van der Waals surface area contributed by atoms with Crippen molar-refractivity contribution >= 4 is 46.1 Å². The van der Waals surface area contributed by atoms with Gasteiger partial charge in [0.1, 0.15) is 23.1 Å². The van der Waals surface area contributed by atoms with E-state index in [1.54, 1.807) is 33.2 Å². The van der Waals surface area contributed by atoms with Crippen LogP contribution in [0.5, 0.6) is 0 Å². The van der Waals surface area contributed by atoms with Crippen LogP contribution in [0.25, 0.3) is 22.3 Å². The number of morpholine rings is 1. The number of amides is 3. The second-order valence-electron chi connectivity index (χ2n) is 12.1. The molecular formula is C31H32N8O5. The molecule has 13 heteroatoms. The van der Waals surface area contributed by atoms with Crippen molar-refractivity contribution < 1.29 is 23.9 Å². The number of pyridine rings is 3. The maximum absolute atomic E-state index is 13.9. The summed E-state index contributed by atoms with van der Waals surface area (Å²) >= 11 is 0. The molecule has 3 aliphatic heterocycles. The zero-order valence-corrected chi connectivity index (χ0v) is 24.9. The zero-order valence-electron chi connectivity index (χ0n) is 24.9. The van der Waals surface area contributed by atoms with Gasteiger partial charge < -0.3 is 29.6 Å². The summed E-state index contributed by atoms with van der Waals surface area (Å²) in [7, 11) is 1.91. The van der Waals surface area contributed by atoms with Crippen LogP contribution in [-0.2, 0) is 34.4 Å². The number of fused-ring (bicyclic) bond motifs is 5. The lowest BCUT2D eigenvalue weighted by molar-refractivity contribution is -0.124. The maximum atomic E-state index is 13.9. The number of hydrogen-bond acceptors (Lipinski definition) is 10. The average Bonchev–Trinajstić information content (AvgIpc) is 3.51. The van der Waals surface area contributed by atoms with Crippen LogP contribution in [0.1, 0.15) is 42.4 Å². The minimum Gasteiger partial charge on any atom is -0.443 e. The van der Waals surface area contributed by atoms with E-state index in [9.17, 15) is 14.4 Å². The van der Waals surface area contributed by atoms with Crippen LogP contribution in [-0.4, -0.2) is 73.7 Å². The molecule has 1 atom stereocenters. The van der Waals surface area contributed by atoms with Gasteiger partial charge in [0.2, 0.25) is 5.91 Å². The van der Waals surface area contributed by atoms with Gasteiger partial charge in [0.15, 0.2) is 0 Å². The molecule has 0 aromatic carbocycles. The topological polar surface area (TPSA) is 144 Å². The summed E-state index contributed by atoms with van der Waals surface area (Å²) in [4.78, 5) is 57.0. The molecule has 0 bridgehead atoms. The summed E-state index contributed by atoms with van der Waals surface area (Å²) in [6.07, 6.45) is 4.49. The first-order valence-corrected chi connectivity index (χ1v) is 14.5. The molecule has 0 radical (unpaired) electrons. The molecule has 0 aliphatic carbocycles. The second-order valence-corrected chi connectivity index (χ2v) is 12.1. The Morgan fingerprint density at radius 2 is 2.00 bits per heavy atom. The van der Waals surface area contributed by atoms with Gasteiger partial charge in [-0.15, -0.1) is 0 Å². The quantitative estimate of drug-likeness (QED) is 0.361. The maximum Gasteiger partial charge on any atom is 0.417 e. The number of hydrogen-bond donors (Lipinski definition) is 2. The molecular weight excluding hydrogens is 564 g/mol. The van der Waals surface area contributed by atoms with Crippen LogP contribution in [0.15, 0.2) is 42.9 Å². The van der Waals surface area contributed by atoms with Crippen molar-refractivity contribution in [1.82, 2.24) is 29.7 Å². The Morgan fingerprint density at radius 1 is 1.16 bits per heavy atom. The number of carbonyl (C=O) groups is 3. The number of imide groups is 1. The van der Waals surface area contributed by atoms with E-state index in [0.717, 1.165) is 27.2 Å². The third-order valence-electron chi connectivity index (χ3n) is 7.98. The van der Waals surface area contributed by atoms with Gasteiger partial charge >= 0.3 is 6.09 Å². The molecule has 0 unspecified atom stereocenters. The van der Waals surface area contributed by atoms with E-state index in [2.05, 4.69) is 15.6 Å². The summed E-state index contributed by atoms with van der Waals surface area (Å²) < 4.78 is 13.0. The molecule has 4 aromatic rings. The summed E-state index contributed by atoms with van der Waals surface area (Å²) in [5, 5.41) is 7.09. The van der Waals surface area contributed by atoms with Crippen LogP contribution in [0.3, 0.4) is 0 Å². The molecule has 2 N–H and O–H groups in total. The molecule has 7 rings (SSSR count). The van der Waals surface area contributed by atoms with Crippen molar-refractivity contribution in [3.8, 4) is 11.3 Å². The fourth-order valence-electron chi connectivity index (χ4n) is 5.97.